The summed E-state index contributed by atoms with van der Waals surface area (Å²) in [6.07, 6.45) is 1.57. The highest BCUT2D eigenvalue weighted by Crippen LogP contribution is 2.17. The number of hydrogen-bond donors (Lipinski definition) is 3. The van der Waals surface area contributed by atoms with Crippen molar-refractivity contribution in [1.82, 2.24) is 5.32 Å². The first-order valence-electron chi connectivity index (χ1n) is 6.70. The van der Waals surface area contributed by atoms with Gasteiger partial charge in [-0.05, 0) is 30.4 Å². The molecule has 0 saturated heterocycles. The molecule has 0 aromatic heterocycles. The maximum atomic E-state index is 11.8. The number of phenolic OH excluding ortho intramolecular Hbond substituents is 1. The van der Waals surface area contributed by atoms with Crippen molar-refractivity contribution in [3.63, 3.8) is 0 Å². The van der Waals surface area contributed by atoms with Crippen LogP contribution in [0.4, 0.5) is 0 Å². The number of nitrogens with one attached hydrogen (secondary N) is 1. The molecule has 1 atom stereocenters. The van der Waals surface area contributed by atoms with E-state index in [9.17, 15) is 15.0 Å². The van der Waals surface area contributed by atoms with Gasteiger partial charge in [0, 0.05) is 6.42 Å². The van der Waals surface area contributed by atoms with Gasteiger partial charge in [-0.2, -0.15) is 0 Å². The molecule has 1 aromatic carbocycles. The lowest BCUT2D eigenvalue weighted by Crippen LogP contribution is -2.38. The van der Waals surface area contributed by atoms with E-state index in [0.717, 1.165) is 12.0 Å². The Morgan fingerprint density at radius 1 is 1.32 bits per heavy atom. The first-order valence-corrected chi connectivity index (χ1v) is 6.70. The Bertz CT molecular complexity index is 404. The Labute approximate surface area is 114 Å². The summed E-state index contributed by atoms with van der Waals surface area (Å²) in [6.45, 7) is 4.06. The van der Waals surface area contributed by atoms with Crippen molar-refractivity contribution in [3.05, 3.63) is 29.8 Å². The summed E-state index contributed by atoms with van der Waals surface area (Å²) < 4.78 is 0. The second-order valence-corrected chi connectivity index (χ2v) is 5.21. The average molecular weight is 265 g/mol. The number of amides is 1. The highest BCUT2D eigenvalue weighted by atomic mass is 16.3. The van der Waals surface area contributed by atoms with Gasteiger partial charge in [0.05, 0.1) is 12.6 Å². The summed E-state index contributed by atoms with van der Waals surface area (Å²) in [5, 5.41) is 21.6. The van der Waals surface area contributed by atoms with E-state index in [-0.39, 0.29) is 24.3 Å². The molecular weight excluding hydrogens is 242 g/mol. The molecule has 1 rings (SSSR count). The number of para-hydroxylation sites is 1. The third-order valence-corrected chi connectivity index (χ3v) is 2.95. The molecular formula is C15H23NO3. The number of rotatable bonds is 7. The van der Waals surface area contributed by atoms with Crippen molar-refractivity contribution in [2.45, 2.75) is 39.2 Å². The molecule has 0 radical (unpaired) electrons. The fourth-order valence-electron chi connectivity index (χ4n) is 2.02. The molecule has 1 aromatic rings. The van der Waals surface area contributed by atoms with E-state index >= 15 is 0 Å². The molecule has 4 nitrogen and oxygen atoms in total. The molecule has 4 heteroatoms. The fraction of sp³-hybridized carbons (Fsp3) is 0.533. The van der Waals surface area contributed by atoms with Crippen molar-refractivity contribution < 1.29 is 15.0 Å². The first-order chi connectivity index (χ1) is 9.02. The van der Waals surface area contributed by atoms with Crippen LogP contribution in [0, 0.1) is 5.92 Å². The largest absolute Gasteiger partial charge is 0.508 e. The number of hydrogen-bond acceptors (Lipinski definition) is 3. The summed E-state index contributed by atoms with van der Waals surface area (Å²) in [5.74, 6) is 0.551. The molecule has 0 bridgehead atoms. The maximum Gasteiger partial charge on any atom is 0.220 e. The van der Waals surface area contributed by atoms with Crippen molar-refractivity contribution in [2.24, 2.45) is 5.92 Å². The lowest BCUT2D eigenvalue weighted by molar-refractivity contribution is -0.122. The second kappa shape index (κ2) is 7.79. The highest BCUT2D eigenvalue weighted by Gasteiger charge is 2.13. The topological polar surface area (TPSA) is 69.6 Å². The molecule has 106 valence electrons. The van der Waals surface area contributed by atoms with Gasteiger partial charge in [0.2, 0.25) is 5.91 Å². The van der Waals surface area contributed by atoms with Gasteiger partial charge in [0.15, 0.2) is 0 Å². The van der Waals surface area contributed by atoms with E-state index < -0.39 is 0 Å². The normalized spacial score (nSPS) is 12.4. The minimum atomic E-state index is -0.183. The van der Waals surface area contributed by atoms with E-state index in [4.69, 9.17) is 0 Å². The number of phenols is 1. The minimum absolute atomic E-state index is 0.0412. The van der Waals surface area contributed by atoms with Gasteiger partial charge in [-0.3, -0.25) is 4.79 Å². The quantitative estimate of drug-likeness (QED) is 0.704. The van der Waals surface area contributed by atoms with Crippen molar-refractivity contribution in [3.8, 4) is 5.75 Å². The third-order valence-electron chi connectivity index (χ3n) is 2.95. The summed E-state index contributed by atoms with van der Waals surface area (Å²) in [4.78, 5) is 11.8. The molecule has 0 aliphatic heterocycles. The van der Waals surface area contributed by atoms with Gasteiger partial charge in [0.1, 0.15) is 5.75 Å². The lowest BCUT2D eigenvalue weighted by Gasteiger charge is -2.18. The van der Waals surface area contributed by atoms with Gasteiger partial charge < -0.3 is 15.5 Å². The standard InChI is InChI=1S/C15H23NO3/c1-11(2)9-13(10-17)16-15(19)8-7-12-5-3-4-6-14(12)18/h3-6,11,13,17-18H,7-10H2,1-2H3,(H,16,19). The monoisotopic (exact) mass is 265 g/mol. The third kappa shape index (κ3) is 5.75. The number of carbonyl (C=O) groups is 1. The second-order valence-electron chi connectivity index (χ2n) is 5.21. The highest BCUT2D eigenvalue weighted by molar-refractivity contribution is 5.76. The van der Waals surface area contributed by atoms with Crippen molar-refractivity contribution in [1.29, 1.82) is 0 Å². The van der Waals surface area contributed by atoms with Crippen molar-refractivity contribution in [2.75, 3.05) is 6.61 Å². The summed E-state index contributed by atoms with van der Waals surface area (Å²) in [7, 11) is 0. The zero-order valence-electron chi connectivity index (χ0n) is 11.6. The number of aliphatic hydroxyl groups excluding tert-OH is 1. The number of aliphatic hydroxyl groups is 1. The molecule has 0 spiro atoms. The fourth-order valence-corrected chi connectivity index (χ4v) is 2.02. The molecule has 0 heterocycles. The first kappa shape index (κ1) is 15.5. The van der Waals surface area contributed by atoms with E-state index in [1.807, 2.05) is 6.07 Å². The van der Waals surface area contributed by atoms with Crippen LogP contribution in [0.2, 0.25) is 0 Å². The molecule has 0 saturated carbocycles. The summed E-state index contributed by atoms with van der Waals surface area (Å²) in [6, 6.07) is 6.82. The Hall–Kier alpha value is -1.55. The lowest BCUT2D eigenvalue weighted by atomic mass is 10.0. The minimum Gasteiger partial charge on any atom is -0.508 e. The van der Waals surface area contributed by atoms with Crippen LogP contribution in [0.15, 0.2) is 24.3 Å². The van der Waals surface area contributed by atoms with Crippen LogP contribution in [0.3, 0.4) is 0 Å². The maximum absolute atomic E-state index is 11.8. The number of aryl methyl sites for hydroxylation is 1. The van der Waals surface area contributed by atoms with Gasteiger partial charge in [-0.1, -0.05) is 32.0 Å². The van der Waals surface area contributed by atoms with Crippen LogP contribution in [0.5, 0.6) is 5.75 Å². The van der Waals surface area contributed by atoms with Gasteiger partial charge in [-0.15, -0.1) is 0 Å². The van der Waals surface area contributed by atoms with Crippen LogP contribution in [0.25, 0.3) is 0 Å². The van der Waals surface area contributed by atoms with E-state index in [1.165, 1.54) is 0 Å². The SMILES string of the molecule is CC(C)CC(CO)NC(=O)CCc1ccccc1O. The zero-order chi connectivity index (χ0) is 14.3. The summed E-state index contributed by atoms with van der Waals surface area (Å²) >= 11 is 0. The number of aromatic hydroxyl groups is 1. The predicted molar refractivity (Wildman–Crippen MR) is 74.9 cm³/mol. The molecule has 3 N–H and O–H groups in total. The van der Waals surface area contributed by atoms with Gasteiger partial charge in [-0.25, -0.2) is 0 Å². The summed E-state index contributed by atoms with van der Waals surface area (Å²) in [5.41, 5.74) is 0.766. The smallest absolute Gasteiger partial charge is 0.220 e. The van der Waals surface area contributed by atoms with Crippen LogP contribution in [0.1, 0.15) is 32.3 Å². The average Bonchev–Trinajstić information content (AvgIpc) is 2.36. The molecule has 19 heavy (non-hydrogen) atoms. The molecule has 0 aliphatic carbocycles. The molecule has 1 amide bonds. The van der Waals surface area contributed by atoms with Crippen LogP contribution in [-0.2, 0) is 11.2 Å². The number of carbonyl (C=O) groups excluding carboxylic acids is 1. The van der Waals surface area contributed by atoms with E-state index in [0.29, 0.717) is 18.8 Å². The Balaban J connectivity index is 2.41. The van der Waals surface area contributed by atoms with E-state index in [1.54, 1.807) is 18.2 Å². The zero-order valence-corrected chi connectivity index (χ0v) is 11.6. The Morgan fingerprint density at radius 3 is 2.58 bits per heavy atom. The van der Waals surface area contributed by atoms with Gasteiger partial charge >= 0.3 is 0 Å². The van der Waals surface area contributed by atoms with Gasteiger partial charge in [0.25, 0.3) is 0 Å². The molecule has 1 unspecified atom stereocenters. The number of benzene rings is 1. The van der Waals surface area contributed by atoms with Crippen LogP contribution >= 0.6 is 0 Å². The Kier molecular flexibility index (Phi) is 6.36. The molecule has 0 aliphatic rings. The van der Waals surface area contributed by atoms with E-state index in [2.05, 4.69) is 19.2 Å². The predicted octanol–water partition coefficient (Wildman–Crippen LogP) is 1.85. The van der Waals surface area contributed by atoms with Crippen LogP contribution in [-0.4, -0.2) is 28.8 Å². The Morgan fingerprint density at radius 2 is 2.00 bits per heavy atom. The van der Waals surface area contributed by atoms with Crippen LogP contribution < -0.4 is 5.32 Å². The molecule has 0 fully saturated rings. The van der Waals surface area contributed by atoms with Crippen molar-refractivity contribution >= 4 is 5.91 Å².